The number of furan rings is 2. The highest BCUT2D eigenvalue weighted by molar-refractivity contribution is 7.26. The molecule has 0 N–H and O–H groups in total. The van der Waals surface area contributed by atoms with Crippen LogP contribution in [0, 0.1) is 0 Å². The molecule has 0 atom stereocenters. The van der Waals surface area contributed by atoms with Crippen LogP contribution in [0.1, 0.15) is 22.3 Å². The molecule has 0 amide bonds. The lowest BCUT2D eigenvalue weighted by Gasteiger charge is -2.30. The van der Waals surface area contributed by atoms with Gasteiger partial charge in [0.25, 0.3) is 0 Å². The second-order valence-electron chi connectivity index (χ2n) is 20.0. The molecule has 17 rings (SSSR count). The summed E-state index contributed by atoms with van der Waals surface area (Å²) in [5.41, 5.74) is 20.3. The van der Waals surface area contributed by atoms with E-state index in [4.69, 9.17) is 23.8 Å². The van der Waals surface area contributed by atoms with Crippen LogP contribution in [0.3, 0.4) is 0 Å². The van der Waals surface area contributed by atoms with Gasteiger partial charge in [-0.25, -0.2) is 15.0 Å². The molecular formula is C70H39N3O2S. The van der Waals surface area contributed by atoms with Gasteiger partial charge in [-0.3, -0.25) is 0 Å². The fourth-order valence-electron chi connectivity index (χ4n) is 13.0. The van der Waals surface area contributed by atoms with Crippen LogP contribution < -0.4 is 0 Å². The Morgan fingerprint density at radius 1 is 0.303 bits per heavy atom. The predicted molar refractivity (Wildman–Crippen MR) is 311 cm³/mol. The highest BCUT2D eigenvalue weighted by Gasteiger charge is 2.51. The van der Waals surface area contributed by atoms with Gasteiger partial charge in [0.2, 0.25) is 0 Å². The molecule has 352 valence electrons. The zero-order valence-corrected chi connectivity index (χ0v) is 41.4. The van der Waals surface area contributed by atoms with Crippen LogP contribution in [0.5, 0.6) is 0 Å². The van der Waals surface area contributed by atoms with E-state index in [2.05, 4.69) is 200 Å². The first-order chi connectivity index (χ1) is 37.7. The summed E-state index contributed by atoms with van der Waals surface area (Å²) in [5.74, 6) is 1.71. The first-order valence-electron chi connectivity index (χ1n) is 25.7. The molecule has 4 heterocycles. The van der Waals surface area contributed by atoms with Gasteiger partial charge in [-0.1, -0.05) is 188 Å². The smallest absolute Gasteiger partial charge is 0.165 e. The molecule has 0 fully saturated rings. The summed E-state index contributed by atoms with van der Waals surface area (Å²) in [6.07, 6.45) is 0. The third-order valence-corrected chi connectivity index (χ3v) is 17.4. The Morgan fingerprint density at radius 3 is 1.49 bits per heavy atom. The maximum Gasteiger partial charge on any atom is 0.165 e. The van der Waals surface area contributed by atoms with Crippen LogP contribution in [-0.4, -0.2) is 15.0 Å². The van der Waals surface area contributed by atoms with Crippen molar-refractivity contribution in [3.05, 3.63) is 259 Å². The van der Waals surface area contributed by atoms with Crippen molar-refractivity contribution >= 4 is 75.4 Å². The zero-order chi connectivity index (χ0) is 49.6. The molecule has 6 heteroatoms. The second kappa shape index (κ2) is 15.6. The quantitative estimate of drug-likeness (QED) is 0.172. The summed E-state index contributed by atoms with van der Waals surface area (Å²) in [5, 5.41) is 6.31. The topological polar surface area (TPSA) is 65.0 Å². The predicted octanol–water partition coefficient (Wildman–Crippen LogP) is 18.7. The molecule has 0 saturated carbocycles. The van der Waals surface area contributed by atoms with Crippen LogP contribution in [-0.2, 0) is 5.41 Å². The first kappa shape index (κ1) is 41.7. The lowest BCUT2D eigenvalue weighted by molar-refractivity contribution is 0.668. The molecule has 0 unspecified atom stereocenters. The van der Waals surface area contributed by atoms with Crippen LogP contribution in [0.25, 0.3) is 143 Å². The number of rotatable bonds is 5. The fraction of sp³-hybridized carbons (Fsp3) is 0.0143. The first-order valence-corrected chi connectivity index (χ1v) is 26.6. The number of benzene rings is 11. The number of hydrogen-bond acceptors (Lipinski definition) is 6. The summed E-state index contributed by atoms with van der Waals surface area (Å²) < 4.78 is 15.5. The third-order valence-electron chi connectivity index (χ3n) is 16.2. The van der Waals surface area contributed by atoms with Crippen LogP contribution in [0.2, 0.25) is 0 Å². The molecule has 11 aromatic carbocycles. The molecule has 2 aliphatic carbocycles. The Morgan fingerprint density at radius 2 is 0.776 bits per heavy atom. The molecule has 0 saturated heterocycles. The van der Waals surface area contributed by atoms with Gasteiger partial charge in [-0.2, -0.15) is 0 Å². The molecule has 2 aliphatic rings. The van der Waals surface area contributed by atoms with E-state index in [-0.39, 0.29) is 0 Å². The van der Waals surface area contributed by atoms with E-state index in [9.17, 15) is 0 Å². The molecule has 15 aromatic rings. The molecule has 0 aliphatic heterocycles. The summed E-state index contributed by atoms with van der Waals surface area (Å²) in [4.78, 5) is 16.6. The molecule has 0 bridgehead atoms. The van der Waals surface area contributed by atoms with Crippen molar-refractivity contribution in [1.29, 1.82) is 0 Å². The van der Waals surface area contributed by atoms with Gasteiger partial charge in [0, 0.05) is 58.4 Å². The van der Waals surface area contributed by atoms with Gasteiger partial charge in [0.15, 0.2) is 17.5 Å². The molecule has 5 nitrogen and oxygen atoms in total. The minimum atomic E-state index is -0.423. The van der Waals surface area contributed by atoms with Gasteiger partial charge in [-0.15, -0.1) is 11.3 Å². The van der Waals surface area contributed by atoms with Crippen LogP contribution in [0.15, 0.2) is 245 Å². The minimum absolute atomic E-state index is 0.423. The van der Waals surface area contributed by atoms with Crippen LogP contribution >= 0.6 is 11.3 Å². The average molecular weight is 986 g/mol. The minimum Gasteiger partial charge on any atom is -0.456 e. The SMILES string of the molecule is c1ccc2c(c1)-c1ccccc1C21c2ccccc2-c2ccc(-c3ccc(-c4ccc5oc6ccccc6c5c4-c4nc(-c5cccc6c5sc5ccccc56)nc(-c5cccc6oc7ccccc7c56)n4)cc3)cc21. The Labute approximate surface area is 439 Å². The van der Waals surface area contributed by atoms with Gasteiger partial charge in [0.1, 0.15) is 22.3 Å². The van der Waals surface area contributed by atoms with Crippen molar-refractivity contribution in [1.82, 2.24) is 15.0 Å². The largest absolute Gasteiger partial charge is 0.456 e. The van der Waals surface area contributed by atoms with E-state index in [1.165, 1.54) is 65.5 Å². The fourth-order valence-corrected chi connectivity index (χ4v) is 14.2. The van der Waals surface area contributed by atoms with E-state index >= 15 is 0 Å². The normalized spacial score (nSPS) is 13.1. The number of aromatic nitrogens is 3. The second-order valence-corrected chi connectivity index (χ2v) is 21.1. The van der Waals surface area contributed by atoms with Gasteiger partial charge in [0.05, 0.1) is 5.41 Å². The maximum absolute atomic E-state index is 6.66. The highest BCUT2D eigenvalue weighted by atomic mass is 32.1. The van der Waals surface area contributed by atoms with Gasteiger partial charge < -0.3 is 8.83 Å². The van der Waals surface area contributed by atoms with E-state index in [0.717, 1.165) is 82.0 Å². The lowest BCUT2D eigenvalue weighted by Crippen LogP contribution is -2.25. The number of hydrogen-bond donors (Lipinski definition) is 0. The van der Waals surface area contributed by atoms with Gasteiger partial charge in [-0.05, 0) is 115 Å². The van der Waals surface area contributed by atoms with Crippen molar-refractivity contribution in [3.63, 3.8) is 0 Å². The maximum atomic E-state index is 6.66. The zero-order valence-electron chi connectivity index (χ0n) is 40.6. The molecule has 76 heavy (non-hydrogen) atoms. The Kier molecular flexibility index (Phi) is 8.58. The number of fused-ring (bicyclic) bond motifs is 19. The standard InChI is InChI=1S/C70H39N3O2S/c1-7-24-54-44(15-1)45-16-2-8-25-55(45)70(54)56-26-9-3-17-46(56)47-36-35-42(39-57(47)70)40-31-33-41(34-32-40)43-37-38-61-64(51-20-5-11-28-59(51)75-61)65(43)69-72-67(52-22-14-29-60-63(52)50-19-4-10-27-58(50)74-60)71-68(73-69)53-23-13-21-49-48-18-6-12-30-62(48)76-66(49)53/h1-39H. The van der Waals surface area contributed by atoms with E-state index in [1.807, 2.05) is 36.4 Å². The Hall–Kier alpha value is -9.75. The molecular weight excluding hydrogens is 947 g/mol. The Balaban J connectivity index is 0.880. The summed E-state index contributed by atoms with van der Waals surface area (Å²) in [6, 6.07) is 85.0. The lowest BCUT2D eigenvalue weighted by atomic mass is 9.70. The number of nitrogens with zero attached hydrogens (tertiary/aromatic N) is 3. The summed E-state index contributed by atoms with van der Waals surface area (Å²) in [6.45, 7) is 0. The van der Waals surface area contributed by atoms with Crippen LogP contribution in [0.4, 0.5) is 0 Å². The molecule has 1 spiro atoms. The number of thiophene rings is 1. The van der Waals surface area contributed by atoms with Crippen molar-refractivity contribution < 1.29 is 8.83 Å². The third kappa shape index (κ3) is 5.71. The van der Waals surface area contributed by atoms with E-state index in [0.29, 0.717) is 17.5 Å². The molecule has 4 aromatic heterocycles. The average Bonchev–Trinajstić information content (AvgIpc) is 4.49. The van der Waals surface area contributed by atoms with Crippen molar-refractivity contribution in [2.45, 2.75) is 5.41 Å². The van der Waals surface area contributed by atoms with Crippen molar-refractivity contribution in [2.75, 3.05) is 0 Å². The van der Waals surface area contributed by atoms with Crippen molar-refractivity contribution in [3.8, 4) is 78.7 Å². The van der Waals surface area contributed by atoms with E-state index < -0.39 is 5.41 Å². The highest BCUT2D eigenvalue weighted by Crippen LogP contribution is 2.63. The Bertz CT molecular complexity index is 4900. The van der Waals surface area contributed by atoms with Gasteiger partial charge >= 0.3 is 0 Å². The summed E-state index contributed by atoms with van der Waals surface area (Å²) in [7, 11) is 0. The molecule has 0 radical (unpaired) electrons. The monoisotopic (exact) mass is 985 g/mol. The number of para-hydroxylation sites is 2. The van der Waals surface area contributed by atoms with E-state index in [1.54, 1.807) is 11.3 Å². The van der Waals surface area contributed by atoms with Crippen molar-refractivity contribution in [2.24, 2.45) is 0 Å². The summed E-state index contributed by atoms with van der Waals surface area (Å²) >= 11 is 1.77.